The van der Waals surface area contributed by atoms with Gasteiger partial charge in [-0.05, 0) is 57.9 Å². The number of sulfonamides is 1. The number of ether oxygens (including phenoxy) is 1. The Morgan fingerprint density at radius 3 is 2.15 bits per heavy atom. The van der Waals surface area contributed by atoms with Gasteiger partial charge in [-0.2, -0.15) is 0 Å². The van der Waals surface area contributed by atoms with Gasteiger partial charge in [0.05, 0.1) is 10.5 Å². The molecule has 0 bridgehead atoms. The average Bonchev–Trinajstić information content (AvgIpc) is 2.53. The van der Waals surface area contributed by atoms with E-state index in [0.717, 1.165) is 0 Å². The average molecular weight is 384 g/mol. The number of amides is 1. The first-order chi connectivity index (χ1) is 12.0. The number of carbonyl (C=O) groups is 2. The van der Waals surface area contributed by atoms with Crippen molar-refractivity contribution in [2.75, 3.05) is 13.1 Å². The summed E-state index contributed by atoms with van der Waals surface area (Å²) in [7, 11) is -3.75. The molecule has 1 heterocycles. The topological polar surface area (TPSA) is 113 Å². The van der Waals surface area contributed by atoms with Gasteiger partial charge in [0.25, 0.3) is 0 Å². The quantitative estimate of drug-likeness (QED) is 0.822. The van der Waals surface area contributed by atoms with Crippen LogP contribution in [0.2, 0.25) is 0 Å². The molecule has 1 saturated heterocycles. The molecule has 1 aromatic rings. The lowest BCUT2D eigenvalue weighted by atomic mass is 10.1. The molecule has 0 atom stereocenters. The second-order valence-corrected chi connectivity index (χ2v) is 8.91. The van der Waals surface area contributed by atoms with Crippen LogP contribution in [0.5, 0.6) is 0 Å². The number of piperidine rings is 1. The predicted octanol–water partition coefficient (Wildman–Crippen LogP) is 2.06. The molecule has 8 nitrogen and oxygen atoms in total. The molecule has 1 aromatic carbocycles. The zero-order valence-corrected chi connectivity index (χ0v) is 15.9. The molecular formula is C17H24N2O6S. The van der Waals surface area contributed by atoms with Gasteiger partial charge in [0, 0.05) is 19.1 Å². The van der Waals surface area contributed by atoms with E-state index in [1.165, 1.54) is 24.3 Å². The largest absolute Gasteiger partial charge is 0.478 e. The van der Waals surface area contributed by atoms with Crippen molar-refractivity contribution in [3.05, 3.63) is 29.8 Å². The Balaban J connectivity index is 1.93. The Morgan fingerprint density at radius 1 is 1.15 bits per heavy atom. The molecule has 0 aliphatic carbocycles. The number of likely N-dealkylation sites (tertiary alicyclic amines) is 1. The molecule has 0 saturated carbocycles. The lowest BCUT2D eigenvalue weighted by Crippen LogP contribution is -2.47. The highest BCUT2D eigenvalue weighted by Crippen LogP contribution is 2.18. The summed E-state index contributed by atoms with van der Waals surface area (Å²) in [6.45, 7) is 6.18. The SMILES string of the molecule is CC(C)(C)OC(=O)N1CCC(NS(=O)(=O)c2ccc(C(=O)O)cc2)CC1. The van der Waals surface area contributed by atoms with Crippen molar-refractivity contribution in [3.63, 3.8) is 0 Å². The van der Waals surface area contributed by atoms with Crippen LogP contribution in [0.25, 0.3) is 0 Å². The van der Waals surface area contributed by atoms with Crippen LogP contribution in [0.1, 0.15) is 44.0 Å². The molecule has 0 aromatic heterocycles. The molecule has 1 fully saturated rings. The summed E-state index contributed by atoms with van der Waals surface area (Å²) in [6.07, 6.45) is 0.556. The Bertz CT molecular complexity index is 759. The first-order valence-corrected chi connectivity index (χ1v) is 9.80. The van der Waals surface area contributed by atoms with Crippen LogP contribution >= 0.6 is 0 Å². The summed E-state index contributed by atoms with van der Waals surface area (Å²) in [5.74, 6) is -1.11. The summed E-state index contributed by atoms with van der Waals surface area (Å²) in [5, 5.41) is 8.87. The number of nitrogens with one attached hydrogen (secondary N) is 1. The van der Waals surface area contributed by atoms with Crippen LogP contribution in [0.4, 0.5) is 4.79 Å². The molecule has 1 aliphatic rings. The van der Waals surface area contributed by atoms with Gasteiger partial charge >= 0.3 is 12.1 Å². The monoisotopic (exact) mass is 384 g/mol. The highest BCUT2D eigenvalue weighted by molar-refractivity contribution is 7.89. The summed E-state index contributed by atoms with van der Waals surface area (Å²) in [5.41, 5.74) is -0.549. The van der Waals surface area contributed by atoms with Crippen molar-refractivity contribution < 1.29 is 27.9 Å². The van der Waals surface area contributed by atoms with Crippen molar-refractivity contribution >= 4 is 22.1 Å². The van der Waals surface area contributed by atoms with Crippen molar-refractivity contribution in [1.29, 1.82) is 0 Å². The summed E-state index contributed by atoms with van der Waals surface area (Å²) in [6, 6.07) is 4.74. The van der Waals surface area contributed by atoms with Crippen molar-refractivity contribution in [1.82, 2.24) is 9.62 Å². The molecule has 2 N–H and O–H groups in total. The molecule has 9 heteroatoms. The fourth-order valence-electron chi connectivity index (χ4n) is 2.57. The minimum absolute atomic E-state index is 0.0112. The zero-order valence-electron chi connectivity index (χ0n) is 15.1. The van der Waals surface area contributed by atoms with Gasteiger partial charge in [-0.25, -0.2) is 22.7 Å². The van der Waals surface area contributed by atoms with E-state index in [4.69, 9.17) is 9.84 Å². The molecule has 26 heavy (non-hydrogen) atoms. The number of benzene rings is 1. The van der Waals surface area contributed by atoms with Gasteiger partial charge in [-0.1, -0.05) is 0 Å². The maximum absolute atomic E-state index is 12.4. The second kappa shape index (κ2) is 7.63. The van der Waals surface area contributed by atoms with Gasteiger partial charge in [-0.15, -0.1) is 0 Å². The van der Waals surface area contributed by atoms with Crippen LogP contribution < -0.4 is 4.72 Å². The van der Waals surface area contributed by atoms with Crippen LogP contribution in [0.3, 0.4) is 0 Å². The minimum Gasteiger partial charge on any atom is -0.478 e. The van der Waals surface area contributed by atoms with E-state index in [1.807, 2.05) is 0 Å². The smallest absolute Gasteiger partial charge is 0.410 e. The molecule has 2 rings (SSSR count). The van der Waals surface area contributed by atoms with E-state index >= 15 is 0 Å². The van der Waals surface area contributed by atoms with E-state index < -0.39 is 27.7 Å². The molecule has 1 aliphatic heterocycles. The number of carboxylic acid groups (broad SMARTS) is 1. The number of aromatic carboxylic acids is 1. The third-order valence-electron chi connectivity index (χ3n) is 3.88. The summed E-state index contributed by atoms with van der Waals surface area (Å²) < 4.78 is 32.8. The fraction of sp³-hybridized carbons (Fsp3) is 0.529. The molecule has 144 valence electrons. The zero-order chi connectivity index (χ0) is 19.5. The third-order valence-corrected chi connectivity index (χ3v) is 5.42. The first kappa shape index (κ1) is 20.2. The number of rotatable bonds is 4. The van der Waals surface area contributed by atoms with Crippen LogP contribution in [-0.2, 0) is 14.8 Å². The predicted molar refractivity (Wildman–Crippen MR) is 94.6 cm³/mol. The van der Waals surface area contributed by atoms with Gasteiger partial charge < -0.3 is 14.7 Å². The summed E-state index contributed by atoms with van der Waals surface area (Å²) in [4.78, 5) is 24.5. The Labute approximate surface area is 153 Å². The van der Waals surface area contributed by atoms with E-state index in [-0.39, 0.29) is 16.5 Å². The lowest BCUT2D eigenvalue weighted by molar-refractivity contribution is 0.0203. The van der Waals surface area contributed by atoms with Crippen LogP contribution in [0.15, 0.2) is 29.2 Å². The van der Waals surface area contributed by atoms with E-state index in [9.17, 15) is 18.0 Å². The maximum atomic E-state index is 12.4. The van der Waals surface area contributed by atoms with Crippen molar-refractivity contribution in [3.8, 4) is 0 Å². The molecule has 1 amide bonds. The van der Waals surface area contributed by atoms with Gasteiger partial charge in [0.2, 0.25) is 10.0 Å². The Morgan fingerprint density at radius 2 is 1.69 bits per heavy atom. The van der Waals surface area contributed by atoms with Gasteiger partial charge in [0.1, 0.15) is 5.60 Å². The number of hydrogen-bond donors (Lipinski definition) is 2. The Kier molecular flexibility index (Phi) is 5.92. The lowest BCUT2D eigenvalue weighted by Gasteiger charge is -2.33. The summed E-state index contributed by atoms with van der Waals surface area (Å²) >= 11 is 0. The first-order valence-electron chi connectivity index (χ1n) is 8.31. The Hall–Kier alpha value is -2.13. The molecule has 0 spiro atoms. The van der Waals surface area contributed by atoms with E-state index in [1.54, 1.807) is 25.7 Å². The standard InChI is InChI=1S/C17H24N2O6S/c1-17(2,3)25-16(22)19-10-8-13(9-11-19)18-26(23,24)14-6-4-12(5-7-14)15(20)21/h4-7,13,18H,8-11H2,1-3H3,(H,20,21). The highest BCUT2D eigenvalue weighted by Gasteiger charge is 2.29. The van der Waals surface area contributed by atoms with Crippen molar-refractivity contribution in [2.24, 2.45) is 0 Å². The third kappa shape index (κ3) is 5.43. The fourth-order valence-corrected chi connectivity index (χ4v) is 3.88. The second-order valence-electron chi connectivity index (χ2n) is 7.19. The maximum Gasteiger partial charge on any atom is 0.410 e. The minimum atomic E-state index is -3.75. The van der Waals surface area contributed by atoms with Gasteiger partial charge in [0.15, 0.2) is 0 Å². The van der Waals surface area contributed by atoms with Crippen LogP contribution in [-0.4, -0.2) is 55.2 Å². The van der Waals surface area contributed by atoms with Gasteiger partial charge in [-0.3, -0.25) is 0 Å². The molecule has 0 radical (unpaired) electrons. The van der Waals surface area contributed by atoms with Crippen molar-refractivity contribution in [2.45, 2.75) is 50.2 Å². The number of carboxylic acids is 1. The normalized spacial score (nSPS) is 16.3. The van der Waals surface area contributed by atoms with E-state index in [2.05, 4.69) is 4.72 Å². The van der Waals surface area contributed by atoms with E-state index in [0.29, 0.717) is 25.9 Å². The highest BCUT2D eigenvalue weighted by atomic mass is 32.2. The molecule has 0 unspecified atom stereocenters. The number of carbonyl (C=O) groups excluding carboxylic acids is 1. The number of nitrogens with zero attached hydrogens (tertiary/aromatic N) is 1. The molecular weight excluding hydrogens is 360 g/mol. The van der Waals surface area contributed by atoms with Crippen LogP contribution in [0, 0.1) is 0 Å². The number of hydrogen-bond acceptors (Lipinski definition) is 5.